The number of aryl methyl sites for hydroxylation is 4. The Morgan fingerprint density at radius 1 is 0.718 bits per heavy atom. The van der Waals surface area contributed by atoms with E-state index in [9.17, 15) is 52.7 Å². The molecule has 2 aromatic carbocycles. The molecule has 2 atom stereocenters. The van der Waals surface area contributed by atoms with Crippen LogP contribution in [0.1, 0.15) is 105 Å². The van der Waals surface area contributed by atoms with Crippen LogP contribution in [0.15, 0.2) is 57.4 Å². The number of aromatic nitrogens is 6. The topological polar surface area (TPSA) is 439 Å². The molecule has 448 valence electrons. The van der Waals surface area contributed by atoms with Crippen molar-refractivity contribution in [1.29, 1.82) is 0 Å². The van der Waals surface area contributed by atoms with Gasteiger partial charge in [-0.25, -0.2) is 24.7 Å². The Morgan fingerprint density at radius 3 is 1.73 bits per heavy atom. The number of imidazole rings is 2. The van der Waals surface area contributed by atoms with Crippen LogP contribution in [0.3, 0.4) is 0 Å². The second-order valence-electron chi connectivity index (χ2n) is 18.8. The van der Waals surface area contributed by atoms with Gasteiger partial charge in [-0.2, -0.15) is 0 Å². The van der Waals surface area contributed by atoms with Crippen LogP contribution < -0.4 is 47.5 Å². The van der Waals surface area contributed by atoms with Gasteiger partial charge >= 0.3 is 11.9 Å². The molecular weight excluding hydrogens is 1120 g/mol. The summed E-state index contributed by atoms with van der Waals surface area (Å²) in [6.45, 7) is 6.24. The predicted octanol–water partition coefficient (Wildman–Crippen LogP) is 1.28. The summed E-state index contributed by atoms with van der Waals surface area (Å²) in [5, 5.41) is 21.6. The Bertz CT molecular complexity index is 3700. The number of anilines is 2. The molecule has 0 saturated carbocycles. The predicted molar refractivity (Wildman–Crippen MR) is 296 cm³/mol. The molecule has 0 fully saturated rings. The molecule has 0 unspecified atom stereocenters. The van der Waals surface area contributed by atoms with Crippen molar-refractivity contribution in [2.75, 3.05) is 44.0 Å². The zero-order valence-electron chi connectivity index (χ0n) is 46.8. The first-order valence-electron chi connectivity index (χ1n) is 26.3. The van der Waals surface area contributed by atoms with E-state index >= 15 is 0 Å². The van der Waals surface area contributed by atoms with Gasteiger partial charge in [0.15, 0.2) is 11.8 Å². The van der Waals surface area contributed by atoms with Crippen molar-refractivity contribution in [3.8, 4) is 11.5 Å². The van der Waals surface area contributed by atoms with Crippen LogP contribution in [-0.4, -0.2) is 150 Å². The minimum Gasteiger partial charge on any atom is -0.494 e. The lowest BCUT2D eigenvalue weighted by Crippen LogP contribution is -2.52. The maximum absolute atomic E-state index is 13.9. The monoisotopic (exact) mass is 1180 g/mol. The number of imide groups is 1. The molecule has 7 rings (SSSR count). The van der Waals surface area contributed by atoms with Gasteiger partial charge < -0.3 is 64.7 Å². The van der Waals surface area contributed by atoms with Gasteiger partial charge in [0, 0.05) is 63.1 Å². The number of oxazole rings is 2. The number of rotatable bonds is 29. The number of fused-ring (bicyclic) bond motifs is 2. The molecule has 85 heavy (non-hydrogen) atoms. The molecule has 1 aliphatic heterocycles. The molecule has 0 radical (unpaired) electrons. The molecule has 5 heterocycles. The summed E-state index contributed by atoms with van der Waals surface area (Å²) in [4.78, 5) is 157. The van der Waals surface area contributed by atoms with Gasteiger partial charge in [-0.15, -0.1) is 0 Å². The molecule has 10 N–H and O–H groups in total. The Kier molecular flexibility index (Phi) is 19.9. The summed E-state index contributed by atoms with van der Waals surface area (Å²) in [6, 6.07) is 2.93. The maximum Gasteiger partial charge on any atom is 0.328 e. The molecule has 0 aliphatic carbocycles. The first-order valence-corrected chi connectivity index (χ1v) is 26.3. The van der Waals surface area contributed by atoms with Gasteiger partial charge in [0.2, 0.25) is 53.0 Å². The second-order valence-corrected chi connectivity index (χ2v) is 18.8. The number of carboxylic acids is 1. The third kappa shape index (κ3) is 15.0. The second kappa shape index (κ2) is 27.3. The molecule has 0 saturated heterocycles. The first-order chi connectivity index (χ1) is 40.5. The van der Waals surface area contributed by atoms with Gasteiger partial charge in [0.05, 0.1) is 49.3 Å². The summed E-state index contributed by atoms with van der Waals surface area (Å²) in [7, 11) is 1.39. The number of carbonyl (C=O) groups excluding carboxylic acids is 10. The third-order valence-corrected chi connectivity index (χ3v) is 12.7. The van der Waals surface area contributed by atoms with Crippen molar-refractivity contribution in [3.05, 3.63) is 94.4 Å². The fraction of sp³-hybridized carbons (Fsp3) is 0.352. The summed E-state index contributed by atoms with van der Waals surface area (Å²) in [6.07, 6.45) is 5.16. The summed E-state index contributed by atoms with van der Waals surface area (Å²) in [5.74, 6) is -8.64. The van der Waals surface area contributed by atoms with Crippen molar-refractivity contribution in [2.45, 2.75) is 91.9 Å². The summed E-state index contributed by atoms with van der Waals surface area (Å²) in [5.41, 5.74) is 13.3. The first kappa shape index (κ1) is 61.9. The van der Waals surface area contributed by atoms with Crippen LogP contribution >= 0.6 is 0 Å². The van der Waals surface area contributed by atoms with E-state index < -0.39 is 103 Å². The normalized spacial score (nSPS) is 12.8. The molecule has 0 bridgehead atoms. The highest BCUT2D eigenvalue weighted by Crippen LogP contribution is 2.33. The number of carboxylic acid groups (broad SMARTS) is 1. The third-order valence-electron chi connectivity index (χ3n) is 12.7. The van der Waals surface area contributed by atoms with E-state index in [4.69, 9.17) is 39.6 Å². The van der Waals surface area contributed by atoms with Crippen molar-refractivity contribution >= 4 is 99.1 Å². The van der Waals surface area contributed by atoms with Crippen molar-refractivity contribution in [3.63, 3.8) is 0 Å². The van der Waals surface area contributed by atoms with Gasteiger partial charge in [0.25, 0.3) is 23.6 Å². The van der Waals surface area contributed by atoms with E-state index in [2.05, 4.69) is 46.5 Å². The van der Waals surface area contributed by atoms with E-state index in [1.54, 1.807) is 42.1 Å². The number of ether oxygens (including phenoxy) is 3. The summed E-state index contributed by atoms with van der Waals surface area (Å²) >= 11 is 0. The molecule has 31 nitrogen and oxygen atoms in total. The van der Waals surface area contributed by atoms with Gasteiger partial charge in [-0.3, -0.25) is 63.5 Å². The van der Waals surface area contributed by atoms with E-state index in [-0.39, 0.29) is 107 Å². The Balaban J connectivity index is 1.06. The molecule has 1 aliphatic rings. The van der Waals surface area contributed by atoms with Crippen molar-refractivity contribution in [1.82, 2.24) is 49.9 Å². The number of hydrogen-bond acceptors (Lipinski definition) is 20. The SMILES string of the molecule is CCc1nc(C)oc1C(=O)Nc1nc2cc(C(N)=O)cc(OC)c2n1C/C=C/Cn1c(NC(=O)c2oc(C)nc2CC)nc2cc(C(N)=O)cc(OCCCOC(=O)[C@@H](C)NC(=O)CNC(=O)[C@@H](CCC(=O)O)NC(=O)CN3C(=O)C=CC3=O)c21. The highest BCUT2D eigenvalue weighted by molar-refractivity contribution is 6.14. The van der Waals surface area contributed by atoms with Crippen LogP contribution in [0.4, 0.5) is 11.9 Å². The number of nitrogens with one attached hydrogen (secondary N) is 5. The smallest absolute Gasteiger partial charge is 0.328 e. The quantitative estimate of drug-likeness (QED) is 0.0142. The van der Waals surface area contributed by atoms with Crippen molar-refractivity contribution in [2.24, 2.45) is 11.5 Å². The van der Waals surface area contributed by atoms with Gasteiger partial charge in [0.1, 0.15) is 41.2 Å². The molecule has 6 aromatic rings. The van der Waals surface area contributed by atoms with Gasteiger partial charge in [-0.1, -0.05) is 26.0 Å². The number of carbonyl (C=O) groups is 11. The van der Waals surface area contributed by atoms with Crippen LogP contribution in [0.25, 0.3) is 22.1 Å². The number of benzene rings is 2. The van der Waals surface area contributed by atoms with Gasteiger partial charge in [-0.05, 0) is 50.5 Å². The maximum atomic E-state index is 13.9. The number of aliphatic carboxylic acids is 1. The van der Waals surface area contributed by atoms with E-state index in [1.807, 2.05) is 6.92 Å². The minimum absolute atomic E-state index is 0.0128. The van der Waals surface area contributed by atoms with Crippen LogP contribution in [-0.2, 0) is 64.2 Å². The molecule has 0 spiro atoms. The molecule has 9 amide bonds. The van der Waals surface area contributed by atoms with Crippen molar-refractivity contribution < 1.29 is 80.9 Å². The Labute approximate surface area is 481 Å². The van der Waals surface area contributed by atoms with Crippen LogP contribution in [0.5, 0.6) is 11.5 Å². The molecular formula is C54H60N14O17. The molecule has 4 aromatic heterocycles. The Morgan fingerprint density at radius 2 is 1.24 bits per heavy atom. The summed E-state index contributed by atoms with van der Waals surface area (Å²) < 4.78 is 31.7. The average Bonchev–Trinajstić information content (AvgIpc) is 1.87. The number of nitrogens with zero attached hydrogens (tertiary/aromatic N) is 7. The lowest BCUT2D eigenvalue weighted by atomic mass is 10.1. The lowest BCUT2D eigenvalue weighted by Gasteiger charge is -2.20. The number of hydrogen-bond donors (Lipinski definition) is 8. The fourth-order valence-electron chi connectivity index (χ4n) is 8.70. The number of primary amides is 2. The Hall–Kier alpha value is -10.8. The van der Waals surface area contributed by atoms with E-state index in [0.29, 0.717) is 34.6 Å². The van der Waals surface area contributed by atoms with Crippen LogP contribution in [0, 0.1) is 13.8 Å². The lowest BCUT2D eigenvalue weighted by molar-refractivity contribution is -0.147. The van der Waals surface area contributed by atoms with Crippen LogP contribution in [0.2, 0.25) is 0 Å². The minimum atomic E-state index is -1.48. The number of methoxy groups -OCH3 is 1. The zero-order valence-corrected chi connectivity index (χ0v) is 46.8. The number of amides is 9. The standard InChI is InChI=1S/C54H60N14O17/c1-7-31-45(84-27(4)59-31)50(78)64-53-62-34-20-29(47(55)75)22-36(81-6)43(34)66(53)16-9-10-17-67-44-35(63-54(67)65-51(79)46-32(8-2)60-28(5)85-46)21-30(48(56)76)23-37(44)82-18-11-19-83-52(80)26(3)58-38(69)24-57-49(77)33(12-15-42(73)74)61-39(70)25-68-40(71)13-14-41(68)72/h9-10,13-14,20-23,26,33H,7-8,11-12,15-19,24-25H2,1-6H3,(H2,55,75)(H2,56,76)(H,57,77)(H,58,69)(H,61,70)(H,73,74)(H,62,64,78)(H,63,65,79)/b10-9+/t26-,33-/m1/s1. The number of nitrogens with two attached hydrogens (primary N) is 2. The molecule has 31 heteroatoms. The fourth-order valence-corrected chi connectivity index (χ4v) is 8.70. The van der Waals surface area contributed by atoms with E-state index in [1.165, 1.54) is 38.3 Å². The average molecular weight is 1180 g/mol. The zero-order chi connectivity index (χ0) is 61.8. The number of esters is 1. The highest BCUT2D eigenvalue weighted by Gasteiger charge is 2.30. The largest absolute Gasteiger partial charge is 0.494 e. The highest BCUT2D eigenvalue weighted by atomic mass is 16.5. The number of allylic oxidation sites excluding steroid dienone is 2. The van der Waals surface area contributed by atoms with E-state index in [0.717, 1.165) is 12.2 Å².